The van der Waals surface area contributed by atoms with Gasteiger partial charge in [0.1, 0.15) is 5.82 Å². The van der Waals surface area contributed by atoms with Crippen LogP contribution in [0.4, 0.5) is 5.82 Å². The van der Waals surface area contributed by atoms with Crippen LogP contribution in [-0.2, 0) is 24.2 Å². The highest BCUT2D eigenvalue weighted by molar-refractivity contribution is 6.21. The number of pyridine rings is 1. The zero-order chi connectivity index (χ0) is 22.2. The van der Waals surface area contributed by atoms with E-state index in [1.165, 1.54) is 23.1 Å². The van der Waals surface area contributed by atoms with Gasteiger partial charge in [-0.2, -0.15) is 0 Å². The zero-order valence-electron chi connectivity index (χ0n) is 17.6. The van der Waals surface area contributed by atoms with E-state index in [4.69, 9.17) is 9.72 Å². The minimum atomic E-state index is -0.491. The highest BCUT2D eigenvalue weighted by Crippen LogP contribution is 2.27. The summed E-state index contributed by atoms with van der Waals surface area (Å²) in [5.74, 6) is -0.586. The molecule has 0 fully saturated rings. The van der Waals surface area contributed by atoms with Gasteiger partial charge in [-0.15, -0.1) is 0 Å². The number of methoxy groups -OCH3 is 1. The number of ether oxygens (including phenoxy) is 1. The monoisotopic (exact) mass is 427 g/mol. The van der Waals surface area contributed by atoms with Gasteiger partial charge in [0, 0.05) is 13.1 Å². The lowest BCUT2D eigenvalue weighted by atomic mass is 10.00. The molecular formula is C25H21N3O4. The predicted octanol–water partition coefficient (Wildman–Crippen LogP) is 3.23. The topological polar surface area (TPSA) is 79.8 Å². The molecule has 160 valence electrons. The number of aromatic nitrogens is 1. The first-order valence-electron chi connectivity index (χ1n) is 10.4. The van der Waals surface area contributed by atoms with E-state index in [1.807, 2.05) is 12.1 Å². The minimum absolute atomic E-state index is 0.0192. The summed E-state index contributed by atoms with van der Waals surface area (Å²) >= 11 is 0. The summed E-state index contributed by atoms with van der Waals surface area (Å²) in [6.07, 6.45) is 0.869. The summed E-state index contributed by atoms with van der Waals surface area (Å²) in [7, 11) is 1.32. The second-order valence-corrected chi connectivity index (χ2v) is 7.88. The number of anilines is 1. The summed E-state index contributed by atoms with van der Waals surface area (Å²) in [4.78, 5) is 45.9. The Labute approximate surface area is 185 Å². The van der Waals surface area contributed by atoms with E-state index < -0.39 is 5.97 Å². The maximum atomic E-state index is 12.8. The maximum absolute atomic E-state index is 12.8. The summed E-state index contributed by atoms with van der Waals surface area (Å²) in [5.41, 5.74) is 4.08. The average molecular weight is 427 g/mol. The first kappa shape index (κ1) is 19.9. The van der Waals surface area contributed by atoms with Crippen molar-refractivity contribution in [1.29, 1.82) is 0 Å². The Bertz CT molecular complexity index is 1220. The third kappa shape index (κ3) is 3.41. The molecule has 2 aromatic carbocycles. The van der Waals surface area contributed by atoms with Crippen molar-refractivity contribution in [1.82, 2.24) is 9.88 Å². The Kier molecular flexibility index (Phi) is 4.93. The van der Waals surface area contributed by atoms with Crippen LogP contribution < -0.4 is 4.90 Å². The zero-order valence-corrected chi connectivity index (χ0v) is 17.6. The van der Waals surface area contributed by atoms with Crippen LogP contribution in [0.25, 0.3) is 0 Å². The fourth-order valence-electron chi connectivity index (χ4n) is 4.29. The Morgan fingerprint density at radius 1 is 0.969 bits per heavy atom. The third-order valence-corrected chi connectivity index (χ3v) is 5.94. The number of benzene rings is 2. The Hall–Kier alpha value is -4.00. The molecule has 0 atom stereocenters. The molecule has 7 nitrogen and oxygen atoms in total. The first-order valence-corrected chi connectivity index (χ1v) is 10.4. The number of hydrogen-bond donors (Lipinski definition) is 0. The molecule has 2 aliphatic rings. The molecule has 0 radical (unpaired) electrons. The lowest BCUT2D eigenvalue weighted by Crippen LogP contribution is -2.32. The number of fused-ring (bicyclic) bond motifs is 2. The lowest BCUT2D eigenvalue weighted by molar-refractivity contribution is 0.0599. The molecule has 3 heterocycles. The van der Waals surface area contributed by atoms with E-state index in [1.54, 1.807) is 36.4 Å². The standard InChI is InChI=1S/C25H21N3O4/c1-32-25(31)18-12-19(15-28-23(29)20-8-4-5-9-21(20)24(28)30)26-22(13-18)27-11-10-16-6-2-3-7-17(16)14-27/h2-9,12-13H,10-11,14-15H2,1H3. The van der Waals surface area contributed by atoms with Crippen molar-refractivity contribution in [3.8, 4) is 0 Å². The lowest BCUT2D eigenvalue weighted by Gasteiger charge is -2.30. The summed E-state index contributed by atoms with van der Waals surface area (Å²) < 4.78 is 4.92. The number of nitrogens with zero attached hydrogens (tertiary/aromatic N) is 3. The Morgan fingerprint density at radius 3 is 2.31 bits per heavy atom. The maximum Gasteiger partial charge on any atom is 0.338 e. The van der Waals surface area contributed by atoms with Crippen LogP contribution >= 0.6 is 0 Å². The Balaban J connectivity index is 1.48. The van der Waals surface area contributed by atoms with Crippen molar-refractivity contribution < 1.29 is 19.1 Å². The van der Waals surface area contributed by atoms with Crippen LogP contribution in [0.2, 0.25) is 0 Å². The van der Waals surface area contributed by atoms with Crippen LogP contribution in [0.1, 0.15) is 47.9 Å². The molecule has 1 aromatic heterocycles. The van der Waals surface area contributed by atoms with Gasteiger partial charge in [0.05, 0.1) is 36.0 Å². The number of esters is 1. The molecule has 0 spiro atoms. The van der Waals surface area contributed by atoms with Gasteiger partial charge in [-0.25, -0.2) is 9.78 Å². The van der Waals surface area contributed by atoms with Crippen LogP contribution in [-0.4, -0.2) is 41.3 Å². The van der Waals surface area contributed by atoms with E-state index in [0.717, 1.165) is 13.0 Å². The van der Waals surface area contributed by atoms with Crippen molar-refractivity contribution in [3.05, 3.63) is 94.2 Å². The molecule has 5 rings (SSSR count). The quantitative estimate of drug-likeness (QED) is 0.470. The van der Waals surface area contributed by atoms with Crippen LogP contribution in [0, 0.1) is 0 Å². The van der Waals surface area contributed by atoms with Gasteiger partial charge in [-0.05, 0) is 41.8 Å². The molecule has 0 aliphatic carbocycles. The molecule has 0 bridgehead atoms. The van der Waals surface area contributed by atoms with E-state index in [0.29, 0.717) is 34.7 Å². The molecular weight excluding hydrogens is 406 g/mol. The molecule has 2 amide bonds. The highest BCUT2D eigenvalue weighted by atomic mass is 16.5. The predicted molar refractivity (Wildman–Crippen MR) is 117 cm³/mol. The number of hydrogen-bond acceptors (Lipinski definition) is 6. The van der Waals surface area contributed by atoms with Gasteiger partial charge in [0.25, 0.3) is 11.8 Å². The second kappa shape index (κ2) is 7.92. The number of amides is 2. The smallest absolute Gasteiger partial charge is 0.338 e. The van der Waals surface area contributed by atoms with Gasteiger partial charge >= 0.3 is 5.97 Å². The van der Waals surface area contributed by atoms with E-state index in [2.05, 4.69) is 17.0 Å². The summed E-state index contributed by atoms with van der Waals surface area (Å²) in [6.45, 7) is 1.40. The van der Waals surface area contributed by atoms with Crippen molar-refractivity contribution in [2.75, 3.05) is 18.6 Å². The van der Waals surface area contributed by atoms with Gasteiger partial charge in [-0.3, -0.25) is 14.5 Å². The second-order valence-electron chi connectivity index (χ2n) is 7.88. The summed E-state index contributed by atoms with van der Waals surface area (Å²) in [5, 5.41) is 0. The fraction of sp³-hybridized carbons (Fsp3) is 0.200. The van der Waals surface area contributed by atoms with Crippen molar-refractivity contribution in [2.45, 2.75) is 19.5 Å². The average Bonchev–Trinajstić information content (AvgIpc) is 3.08. The van der Waals surface area contributed by atoms with Crippen molar-refractivity contribution in [3.63, 3.8) is 0 Å². The van der Waals surface area contributed by atoms with Crippen LogP contribution in [0.15, 0.2) is 60.7 Å². The number of carbonyl (C=O) groups is 3. The molecule has 32 heavy (non-hydrogen) atoms. The van der Waals surface area contributed by atoms with Gasteiger partial charge < -0.3 is 9.64 Å². The molecule has 0 saturated heterocycles. The van der Waals surface area contributed by atoms with Crippen LogP contribution in [0.5, 0.6) is 0 Å². The molecule has 2 aliphatic heterocycles. The number of imide groups is 1. The third-order valence-electron chi connectivity index (χ3n) is 5.94. The van der Waals surface area contributed by atoms with Crippen molar-refractivity contribution in [2.24, 2.45) is 0 Å². The van der Waals surface area contributed by atoms with Gasteiger partial charge in [0.15, 0.2) is 0 Å². The molecule has 0 saturated carbocycles. The molecule has 7 heteroatoms. The summed E-state index contributed by atoms with van der Waals surface area (Å²) in [6, 6.07) is 18.3. The van der Waals surface area contributed by atoms with Crippen LogP contribution in [0.3, 0.4) is 0 Å². The largest absolute Gasteiger partial charge is 0.465 e. The fourth-order valence-corrected chi connectivity index (χ4v) is 4.29. The SMILES string of the molecule is COC(=O)c1cc(CN2C(=O)c3ccccc3C2=O)nc(N2CCc3ccccc3C2)c1. The van der Waals surface area contributed by atoms with E-state index in [-0.39, 0.29) is 18.4 Å². The normalized spacial score (nSPS) is 14.9. The number of rotatable bonds is 4. The highest BCUT2D eigenvalue weighted by Gasteiger charge is 2.35. The van der Waals surface area contributed by atoms with Crippen molar-refractivity contribution >= 4 is 23.6 Å². The number of carbonyl (C=O) groups excluding carboxylic acids is 3. The molecule has 3 aromatic rings. The molecule has 0 unspecified atom stereocenters. The van der Waals surface area contributed by atoms with Gasteiger partial charge in [-0.1, -0.05) is 36.4 Å². The Morgan fingerprint density at radius 2 is 1.62 bits per heavy atom. The van der Waals surface area contributed by atoms with Gasteiger partial charge in [0.2, 0.25) is 0 Å². The van der Waals surface area contributed by atoms with E-state index in [9.17, 15) is 14.4 Å². The molecule has 0 N–H and O–H groups in total. The first-order chi connectivity index (χ1) is 15.5. The minimum Gasteiger partial charge on any atom is -0.465 e. The van der Waals surface area contributed by atoms with E-state index >= 15 is 0 Å².